The van der Waals surface area contributed by atoms with Gasteiger partial charge in [0.05, 0.1) is 12.1 Å². The van der Waals surface area contributed by atoms with E-state index in [1.165, 1.54) is 0 Å². The molecule has 0 saturated heterocycles. The summed E-state index contributed by atoms with van der Waals surface area (Å²) in [6, 6.07) is 0. The van der Waals surface area contributed by atoms with Gasteiger partial charge in [-0.3, -0.25) is 4.79 Å². The average Bonchev–Trinajstić information content (AvgIpc) is 1.67. The quantitative estimate of drug-likeness (QED) is 0.490. The molecule has 0 aromatic rings. The van der Waals surface area contributed by atoms with Crippen molar-refractivity contribution in [1.82, 2.24) is 5.32 Å². The highest BCUT2D eigenvalue weighted by Gasteiger charge is 2.12. The topological polar surface area (TPSA) is 49.3 Å². The van der Waals surface area contributed by atoms with Gasteiger partial charge in [0.15, 0.2) is 0 Å². The first kappa shape index (κ1) is 7.43. The molecule has 0 rings (SSSR count). The number of hydrogen-bond acceptors (Lipinski definition) is 2. The van der Waals surface area contributed by atoms with Crippen molar-refractivity contribution in [2.45, 2.75) is 19.4 Å². The lowest BCUT2D eigenvalue weighted by Gasteiger charge is -2.19. The van der Waals surface area contributed by atoms with Crippen LogP contribution in [0.2, 0.25) is 0 Å². The average molecular weight is 117 g/mol. The van der Waals surface area contributed by atoms with Crippen molar-refractivity contribution in [3.8, 4) is 0 Å². The third kappa shape index (κ3) is 2.58. The summed E-state index contributed by atoms with van der Waals surface area (Å²) in [5.41, 5.74) is -0.470. The largest absolute Gasteiger partial charge is 0.394 e. The molecule has 48 valence electrons. The van der Waals surface area contributed by atoms with E-state index in [1.54, 1.807) is 13.8 Å². The van der Waals surface area contributed by atoms with Crippen LogP contribution in [-0.2, 0) is 4.79 Å². The molecule has 0 aliphatic carbocycles. The molecule has 0 atom stereocenters. The summed E-state index contributed by atoms with van der Waals surface area (Å²) in [5, 5.41) is 10.9. The van der Waals surface area contributed by atoms with Crippen molar-refractivity contribution in [3.05, 3.63) is 0 Å². The van der Waals surface area contributed by atoms with E-state index in [9.17, 15) is 4.79 Å². The molecule has 0 radical (unpaired) electrons. The number of rotatable bonds is 3. The van der Waals surface area contributed by atoms with E-state index in [0.717, 1.165) is 0 Å². The van der Waals surface area contributed by atoms with Crippen molar-refractivity contribution in [2.75, 3.05) is 6.61 Å². The Kier molecular flexibility index (Phi) is 2.48. The molecule has 0 unspecified atom stereocenters. The van der Waals surface area contributed by atoms with Gasteiger partial charge in [-0.1, -0.05) is 0 Å². The maximum atomic E-state index is 9.76. The van der Waals surface area contributed by atoms with E-state index in [4.69, 9.17) is 5.11 Å². The van der Waals surface area contributed by atoms with Crippen LogP contribution in [0, 0.1) is 0 Å². The molecule has 1 amide bonds. The third-order valence-corrected chi connectivity index (χ3v) is 0.845. The molecule has 0 aliphatic rings. The van der Waals surface area contributed by atoms with Crippen LogP contribution in [0.3, 0.4) is 0 Å². The van der Waals surface area contributed by atoms with Gasteiger partial charge < -0.3 is 10.4 Å². The Balaban J connectivity index is 3.53. The van der Waals surface area contributed by atoms with E-state index in [2.05, 4.69) is 5.32 Å². The van der Waals surface area contributed by atoms with Gasteiger partial charge in [-0.05, 0) is 13.8 Å². The van der Waals surface area contributed by atoms with Crippen LogP contribution in [0.1, 0.15) is 13.8 Å². The minimum Gasteiger partial charge on any atom is -0.394 e. The zero-order chi connectivity index (χ0) is 6.62. The summed E-state index contributed by atoms with van der Waals surface area (Å²) in [4.78, 5) is 9.76. The second-order valence-electron chi connectivity index (χ2n) is 2.30. The van der Waals surface area contributed by atoms with Gasteiger partial charge in [0.1, 0.15) is 0 Å². The normalized spacial score (nSPS) is 10.9. The van der Waals surface area contributed by atoms with E-state index >= 15 is 0 Å². The van der Waals surface area contributed by atoms with E-state index in [0.29, 0.717) is 6.41 Å². The molecule has 0 aromatic carbocycles. The van der Waals surface area contributed by atoms with Crippen LogP contribution in [0.25, 0.3) is 0 Å². The Hall–Kier alpha value is -0.570. The molecule has 0 saturated carbocycles. The molecule has 3 nitrogen and oxygen atoms in total. The van der Waals surface area contributed by atoms with Gasteiger partial charge in [-0.2, -0.15) is 0 Å². The molecule has 3 heteroatoms. The maximum absolute atomic E-state index is 9.76. The number of nitrogens with one attached hydrogen (secondary N) is 1. The summed E-state index contributed by atoms with van der Waals surface area (Å²) in [6.07, 6.45) is 0.580. The number of carbonyl (C=O) groups excluding carboxylic acids is 1. The molecule has 0 fully saturated rings. The van der Waals surface area contributed by atoms with Gasteiger partial charge in [0.25, 0.3) is 0 Å². The number of aliphatic hydroxyl groups is 1. The maximum Gasteiger partial charge on any atom is 0.207 e. The van der Waals surface area contributed by atoms with Crippen molar-refractivity contribution < 1.29 is 9.90 Å². The van der Waals surface area contributed by atoms with Gasteiger partial charge in [0, 0.05) is 0 Å². The fourth-order valence-corrected chi connectivity index (χ4v) is 0.205. The van der Waals surface area contributed by atoms with E-state index in [1.807, 2.05) is 0 Å². The van der Waals surface area contributed by atoms with Crippen LogP contribution >= 0.6 is 0 Å². The zero-order valence-electron chi connectivity index (χ0n) is 5.14. The molecular weight excluding hydrogens is 106 g/mol. The van der Waals surface area contributed by atoms with Crippen LogP contribution in [0.5, 0.6) is 0 Å². The summed E-state index contributed by atoms with van der Waals surface area (Å²) in [5.74, 6) is 0. The Morgan fingerprint density at radius 3 is 2.38 bits per heavy atom. The minimum atomic E-state index is -0.470. The minimum absolute atomic E-state index is 0.0360. The van der Waals surface area contributed by atoms with Gasteiger partial charge in [-0.15, -0.1) is 0 Å². The number of hydrogen-bond donors (Lipinski definition) is 2. The zero-order valence-corrected chi connectivity index (χ0v) is 5.14. The summed E-state index contributed by atoms with van der Waals surface area (Å²) >= 11 is 0. The van der Waals surface area contributed by atoms with Crippen LogP contribution in [-0.4, -0.2) is 23.7 Å². The lowest BCUT2D eigenvalue weighted by Crippen LogP contribution is -2.41. The van der Waals surface area contributed by atoms with Crippen molar-refractivity contribution in [2.24, 2.45) is 0 Å². The first-order valence-electron chi connectivity index (χ1n) is 2.44. The second kappa shape index (κ2) is 2.67. The Bertz CT molecular complexity index is 80.5. The number of aliphatic hydroxyl groups excluding tert-OH is 1. The lowest BCUT2D eigenvalue weighted by molar-refractivity contribution is -0.111. The molecule has 2 N–H and O–H groups in total. The highest BCUT2D eigenvalue weighted by atomic mass is 16.3. The molecule has 8 heavy (non-hydrogen) atoms. The Labute approximate surface area is 48.7 Å². The third-order valence-electron chi connectivity index (χ3n) is 0.845. The summed E-state index contributed by atoms with van der Waals surface area (Å²) in [6.45, 7) is 3.44. The fourth-order valence-electron chi connectivity index (χ4n) is 0.205. The standard InChI is InChI=1S/C5H11NO2/c1-5(2,3-7)6-4-8/h4,7H,3H2,1-2H3,(H,6,8). The van der Waals surface area contributed by atoms with Crippen molar-refractivity contribution >= 4 is 6.41 Å². The van der Waals surface area contributed by atoms with E-state index < -0.39 is 5.54 Å². The Morgan fingerprint density at radius 1 is 1.75 bits per heavy atom. The smallest absolute Gasteiger partial charge is 0.207 e. The van der Waals surface area contributed by atoms with Crippen LogP contribution in [0.15, 0.2) is 0 Å². The lowest BCUT2D eigenvalue weighted by atomic mass is 10.1. The summed E-state index contributed by atoms with van der Waals surface area (Å²) < 4.78 is 0. The van der Waals surface area contributed by atoms with Gasteiger partial charge >= 0.3 is 0 Å². The number of amides is 1. The summed E-state index contributed by atoms with van der Waals surface area (Å²) in [7, 11) is 0. The molecule has 0 spiro atoms. The molecule has 0 heterocycles. The predicted molar refractivity (Wildman–Crippen MR) is 30.4 cm³/mol. The first-order valence-corrected chi connectivity index (χ1v) is 2.44. The highest BCUT2D eigenvalue weighted by molar-refractivity contribution is 5.47. The second-order valence-corrected chi connectivity index (χ2v) is 2.30. The fraction of sp³-hybridized carbons (Fsp3) is 0.800. The Morgan fingerprint density at radius 2 is 2.25 bits per heavy atom. The van der Waals surface area contributed by atoms with Gasteiger partial charge in [-0.25, -0.2) is 0 Å². The molecule has 0 aromatic heterocycles. The molecule has 0 aliphatic heterocycles. The van der Waals surface area contributed by atoms with Crippen LogP contribution < -0.4 is 5.32 Å². The number of carbonyl (C=O) groups is 1. The van der Waals surface area contributed by atoms with Crippen molar-refractivity contribution in [3.63, 3.8) is 0 Å². The van der Waals surface area contributed by atoms with Gasteiger partial charge in [0.2, 0.25) is 6.41 Å². The predicted octanol–water partition coefficient (Wildman–Crippen LogP) is -0.497. The first-order chi connectivity index (χ1) is 3.62. The van der Waals surface area contributed by atoms with E-state index in [-0.39, 0.29) is 6.61 Å². The SMILES string of the molecule is CC(C)(CO)NC=O. The highest BCUT2D eigenvalue weighted by Crippen LogP contribution is 1.95. The molecular formula is C5H11NO2. The van der Waals surface area contributed by atoms with Crippen LogP contribution in [0.4, 0.5) is 0 Å². The monoisotopic (exact) mass is 117 g/mol. The van der Waals surface area contributed by atoms with Crippen molar-refractivity contribution in [1.29, 1.82) is 0 Å². The molecule has 0 bridgehead atoms.